The fourth-order valence-electron chi connectivity index (χ4n) is 6.65. The summed E-state index contributed by atoms with van der Waals surface area (Å²) < 4.78 is 1.76. The summed E-state index contributed by atoms with van der Waals surface area (Å²) >= 11 is 0. The number of fused-ring (bicyclic) bond motifs is 3. The van der Waals surface area contributed by atoms with E-state index in [1.807, 2.05) is 41.6 Å². The van der Waals surface area contributed by atoms with Crippen LogP contribution in [0.25, 0.3) is 28.0 Å². The lowest BCUT2D eigenvalue weighted by atomic mass is 9.83. The molecular weight excluding hydrogens is 502 g/mol. The summed E-state index contributed by atoms with van der Waals surface area (Å²) in [5.74, 6) is 1.24. The normalized spacial score (nSPS) is 20.5. The summed E-state index contributed by atoms with van der Waals surface area (Å²) in [6.07, 6.45) is 8.80. The maximum absolute atomic E-state index is 13.2. The highest BCUT2D eigenvalue weighted by atomic mass is 16.2. The summed E-state index contributed by atoms with van der Waals surface area (Å²) in [7, 11) is 0. The molecule has 0 unspecified atom stereocenters. The van der Waals surface area contributed by atoms with Crippen molar-refractivity contribution in [2.45, 2.75) is 63.5 Å². The minimum Gasteiger partial charge on any atom is -0.383 e. The number of benzene rings is 1. The third kappa shape index (κ3) is 3.93. The van der Waals surface area contributed by atoms with Crippen LogP contribution in [0.2, 0.25) is 0 Å². The van der Waals surface area contributed by atoms with Crippen molar-refractivity contribution in [2.75, 3.05) is 5.73 Å². The van der Waals surface area contributed by atoms with Gasteiger partial charge in [-0.25, -0.2) is 4.98 Å². The fourth-order valence-corrected chi connectivity index (χ4v) is 6.65. The number of piperidine rings is 1. The zero-order valence-electron chi connectivity index (χ0n) is 22.5. The average Bonchev–Trinajstić information content (AvgIpc) is 3.71. The van der Waals surface area contributed by atoms with E-state index in [4.69, 9.17) is 15.7 Å². The van der Waals surface area contributed by atoms with Crippen molar-refractivity contribution in [2.24, 2.45) is 0 Å². The standard InChI is InChI=1S/C30H31N9O/c1-17(2)25-26(20-12-21-9-10-22(13-20)38(21)30(40)28-33-16-34-37-28)36-29-23(15-35-39(29)27(25)31)19-8-11-24(32-14-19)18-6-4-3-5-7-18/h3-8,11,14-17,20-22H,9-10,12-13,31H2,1-2H3,(H,33,34,37)/t20-,21-,22+. The number of nitrogens with one attached hydrogen (secondary N) is 1. The van der Waals surface area contributed by atoms with Gasteiger partial charge in [0.25, 0.3) is 5.91 Å². The number of nitrogens with zero attached hydrogens (tertiary/aromatic N) is 7. The van der Waals surface area contributed by atoms with Crippen LogP contribution in [-0.4, -0.2) is 57.7 Å². The Morgan fingerprint density at radius 1 is 1.02 bits per heavy atom. The zero-order chi connectivity index (χ0) is 27.4. The van der Waals surface area contributed by atoms with Crippen molar-refractivity contribution in [1.29, 1.82) is 0 Å². The van der Waals surface area contributed by atoms with Gasteiger partial charge in [-0.05, 0) is 37.7 Å². The third-order valence-electron chi connectivity index (χ3n) is 8.45. The number of carbonyl (C=O) groups is 1. The Hall–Kier alpha value is -4.60. The minimum absolute atomic E-state index is 0.0695. The number of amides is 1. The Balaban J connectivity index is 1.26. The van der Waals surface area contributed by atoms with Gasteiger partial charge in [-0.3, -0.25) is 9.78 Å². The first-order valence-corrected chi connectivity index (χ1v) is 13.9. The third-order valence-corrected chi connectivity index (χ3v) is 8.45. The number of hydrogen-bond donors (Lipinski definition) is 2. The molecule has 2 saturated heterocycles. The first-order chi connectivity index (χ1) is 19.5. The van der Waals surface area contributed by atoms with Crippen molar-refractivity contribution in [3.8, 4) is 22.4 Å². The Morgan fingerprint density at radius 3 is 2.45 bits per heavy atom. The maximum Gasteiger partial charge on any atom is 0.292 e. The van der Waals surface area contributed by atoms with Crippen LogP contribution in [0.5, 0.6) is 0 Å². The number of nitrogens with two attached hydrogens (primary N) is 1. The molecule has 202 valence electrons. The lowest BCUT2D eigenvalue weighted by Gasteiger charge is -2.39. The first-order valence-electron chi connectivity index (χ1n) is 13.9. The van der Waals surface area contributed by atoms with Gasteiger partial charge in [0, 0.05) is 46.5 Å². The van der Waals surface area contributed by atoms with E-state index in [2.05, 4.69) is 52.3 Å². The van der Waals surface area contributed by atoms with E-state index in [0.717, 1.165) is 65.0 Å². The second-order valence-electron chi connectivity index (χ2n) is 11.1. The average molecular weight is 534 g/mol. The van der Waals surface area contributed by atoms with E-state index in [9.17, 15) is 4.79 Å². The SMILES string of the molecule is CC(C)c1c([C@@H]2C[C@H]3CC[C@@H](C2)N3C(=O)c2nnc[nH]2)nc2c(-c3ccc(-c4ccccc4)nc3)cnn2c1N. The van der Waals surface area contributed by atoms with Crippen LogP contribution in [0.3, 0.4) is 0 Å². The highest BCUT2D eigenvalue weighted by Gasteiger charge is 2.45. The number of H-pyrrole nitrogens is 1. The number of rotatable bonds is 5. The molecular formula is C30H31N9O. The monoisotopic (exact) mass is 533 g/mol. The highest BCUT2D eigenvalue weighted by molar-refractivity contribution is 5.91. The van der Waals surface area contributed by atoms with Crippen LogP contribution in [0, 0.1) is 0 Å². The van der Waals surface area contributed by atoms with E-state index in [1.165, 1.54) is 6.33 Å². The molecule has 10 heteroatoms. The summed E-state index contributed by atoms with van der Waals surface area (Å²) in [6, 6.07) is 14.5. The largest absolute Gasteiger partial charge is 0.383 e. The summed E-state index contributed by atoms with van der Waals surface area (Å²) in [4.78, 5) is 28.1. The molecule has 3 atom stereocenters. The summed E-state index contributed by atoms with van der Waals surface area (Å²) in [6.45, 7) is 4.30. The summed E-state index contributed by atoms with van der Waals surface area (Å²) in [5.41, 5.74) is 13.4. The van der Waals surface area contributed by atoms with E-state index in [-0.39, 0.29) is 29.8 Å². The zero-order valence-corrected chi connectivity index (χ0v) is 22.5. The second kappa shape index (κ2) is 9.55. The molecule has 1 aromatic carbocycles. The van der Waals surface area contributed by atoms with Gasteiger partial charge in [0.1, 0.15) is 12.1 Å². The van der Waals surface area contributed by atoms with Crippen LogP contribution >= 0.6 is 0 Å². The second-order valence-corrected chi connectivity index (χ2v) is 11.1. The van der Waals surface area contributed by atoms with Gasteiger partial charge in [0.15, 0.2) is 5.65 Å². The molecule has 2 bridgehead atoms. The van der Waals surface area contributed by atoms with E-state index < -0.39 is 0 Å². The molecule has 0 spiro atoms. The van der Waals surface area contributed by atoms with E-state index in [0.29, 0.717) is 11.6 Å². The van der Waals surface area contributed by atoms with Crippen LogP contribution in [-0.2, 0) is 0 Å². The maximum atomic E-state index is 13.2. The molecule has 6 heterocycles. The van der Waals surface area contributed by atoms with Gasteiger partial charge in [-0.1, -0.05) is 50.2 Å². The molecule has 3 N–H and O–H groups in total. The molecule has 2 fully saturated rings. The number of aromatic amines is 1. The number of aromatic nitrogens is 7. The van der Waals surface area contributed by atoms with Crippen LogP contribution in [0.1, 0.15) is 73.2 Å². The Morgan fingerprint density at radius 2 is 1.80 bits per heavy atom. The molecule has 7 rings (SSSR count). The Kier molecular flexibility index (Phi) is 5.83. The Bertz CT molecular complexity index is 1660. The van der Waals surface area contributed by atoms with Crippen molar-refractivity contribution < 1.29 is 4.79 Å². The minimum atomic E-state index is -0.0695. The molecule has 2 aliphatic heterocycles. The van der Waals surface area contributed by atoms with Crippen molar-refractivity contribution in [3.63, 3.8) is 0 Å². The molecule has 0 saturated carbocycles. The van der Waals surface area contributed by atoms with Gasteiger partial charge >= 0.3 is 0 Å². The number of nitrogen functional groups attached to an aromatic ring is 1. The van der Waals surface area contributed by atoms with Gasteiger partial charge in [0.05, 0.1) is 17.6 Å². The molecule has 5 aromatic rings. The molecule has 2 aliphatic rings. The Labute approximate surface area is 231 Å². The summed E-state index contributed by atoms with van der Waals surface area (Å²) in [5, 5.41) is 12.4. The fraction of sp³-hybridized carbons (Fsp3) is 0.333. The molecule has 1 amide bonds. The number of hydrogen-bond acceptors (Lipinski definition) is 7. The molecule has 0 aliphatic carbocycles. The molecule has 0 radical (unpaired) electrons. The van der Waals surface area contributed by atoms with Crippen molar-refractivity contribution >= 4 is 17.4 Å². The predicted octanol–water partition coefficient (Wildman–Crippen LogP) is 4.83. The lowest BCUT2D eigenvalue weighted by molar-refractivity contribution is 0.0557. The van der Waals surface area contributed by atoms with Crippen LogP contribution < -0.4 is 5.73 Å². The van der Waals surface area contributed by atoms with Crippen LogP contribution in [0.4, 0.5) is 5.82 Å². The molecule has 10 nitrogen and oxygen atoms in total. The van der Waals surface area contributed by atoms with Gasteiger partial charge in [0.2, 0.25) is 5.82 Å². The molecule has 4 aromatic heterocycles. The van der Waals surface area contributed by atoms with E-state index >= 15 is 0 Å². The van der Waals surface area contributed by atoms with E-state index in [1.54, 1.807) is 4.52 Å². The number of pyridine rings is 1. The number of carbonyl (C=O) groups excluding carboxylic acids is 1. The van der Waals surface area contributed by atoms with Crippen molar-refractivity contribution in [1.82, 2.24) is 39.7 Å². The number of anilines is 1. The quantitative estimate of drug-likeness (QED) is 0.331. The lowest BCUT2D eigenvalue weighted by Crippen LogP contribution is -2.46. The van der Waals surface area contributed by atoms with Crippen LogP contribution in [0.15, 0.2) is 61.2 Å². The van der Waals surface area contributed by atoms with Gasteiger partial charge < -0.3 is 15.6 Å². The molecule has 40 heavy (non-hydrogen) atoms. The van der Waals surface area contributed by atoms with Gasteiger partial charge in [-0.15, -0.1) is 10.2 Å². The smallest absolute Gasteiger partial charge is 0.292 e. The predicted molar refractivity (Wildman–Crippen MR) is 151 cm³/mol. The highest BCUT2D eigenvalue weighted by Crippen LogP contribution is 2.46. The first kappa shape index (κ1) is 24.4. The van der Waals surface area contributed by atoms with Crippen molar-refractivity contribution in [3.05, 3.63) is 78.3 Å². The topological polar surface area (TPSA) is 131 Å². The van der Waals surface area contributed by atoms with Gasteiger partial charge in [-0.2, -0.15) is 9.61 Å².